The van der Waals surface area contributed by atoms with Crippen molar-refractivity contribution in [3.8, 4) is 39.6 Å². The zero-order valence-corrected chi connectivity index (χ0v) is 39.4. The maximum Gasteiger partial charge on any atom is 0.324 e. The third kappa shape index (κ3) is 9.62. The Morgan fingerprint density at radius 2 is 1.76 bits per heavy atom. The number of aryl methyl sites for hydroxylation is 1. The van der Waals surface area contributed by atoms with Crippen LogP contribution < -0.4 is 20.2 Å². The van der Waals surface area contributed by atoms with Crippen LogP contribution in [0, 0.1) is 17.3 Å². The van der Waals surface area contributed by atoms with Gasteiger partial charge in [-0.15, -0.1) is 0 Å². The van der Waals surface area contributed by atoms with Crippen LogP contribution in [0.15, 0.2) is 67.3 Å². The van der Waals surface area contributed by atoms with Crippen molar-refractivity contribution in [2.45, 2.75) is 91.4 Å². The minimum Gasteiger partial charge on any atom is -0.508 e. The van der Waals surface area contributed by atoms with Crippen molar-refractivity contribution in [3.63, 3.8) is 0 Å². The number of hydrogen-bond acceptors (Lipinski definition) is 10. The number of nitrogens with one attached hydrogen (secondary N) is 2. The third-order valence-corrected chi connectivity index (χ3v) is 13.2. The zero-order chi connectivity index (χ0) is 47.6. The second kappa shape index (κ2) is 19.6. The fraction of sp³-hybridized carbons (Fsp3) is 0.471. The lowest BCUT2D eigenvalue weighted by Gasteiger charge is -2.37. The molecule has 4 aromatic rings. The van der Waals surface area contributed by atoms with Gasteiger partial charge in [-0.05, 0) is 103 Å². The summed E-state index contributed by atoms with van der Waals surface area (Å²) in [7, 11) is 4.85. The van der Waals surface area contributed by atoms with Gasteiger partial charge in [-0.25, -0.2) is 5.43 Å². The molecule has 4 heterocycles. The predicted octanol–water partition coefficient (Wildman–Crippen LogP) is 5.88. The van der Waals surface area contributed by atoms with Gasteiger partial charge in [0.05, 0.1) is 38.0 Å². The SMILES string of the molecule is C=CC(=O)N1CC[C@H](C(=O)N(C)[C@H](C(=O)N[C@H]2Cc3cc(O)cc(c3)-c3ccc4c(c3)c(c(-c3c(OC)cccc3OC)n4CC)CC(C)(C)COC(=O)[C@@H]3CCCN(N3)C2=O)C(C)C)C1. The van der Waals surface area contributed by atoms with E-state index in [0.717, 1.165) is 33.3 Å². The van der Waals surface area contributed by atoms with Crippen molar-refractivity contribution >= 4 is 40.5 Å². The first kappa shape index (κ1) is 47.6. The minimum absolute atomic E-state index is 0.0192. The molecule has 3 aliphatic rings. The van der Waals surface area contributed by atoms with E-state index in [0.29, 0.717) is 61.4 Å². The number of rotatable bonds is 10. The average molecular weight is 905 g/mol. The van der Waals surface area contributed by atoms with E-state index >= 15 is 0 Å². The standard InChI is InChI=1S/C51H64N6O9/c1-10-43(59)55-21-19-33(28-55)48(61)54(7)45(30(3)4)47(60)52-39-24-31-22-34(25-35(58)23-31)32-17-18-40-36(26-32)37(46(56(40)11-2)44-41(64-8)15-12-16-42(44)65-9)27-51(5,6)29-66-50(63)38-14-13-20-57(53-38)49(39)62/h10,12,15-18,22-23,25-26,30,33,38-39,45,53,58H,1,11,13-14,19-21,24,27-29H2,2-9H3,(H,52,60)/t33-,38-,39-,45-/m0/s1. The zero-order valence-electron chi connectivity index (χ0n) is 39.4. The summed E-state index contributed by atoms with van der Waals surface area (Å²) in [6.07, 6.45) is 3.09. The Kier molecular flexibility index (Phi) is 14.2. The molecule has 4 atom stereocenters. The van der Waals surface area contributed by atoms with Crippen LogP contribution in [0.3, 0.4) is 0 Å². The summed E-state index contributed by atoms with van der Waals surface area (Å²) in [5.74, 6) is -1.61. The largest absolute Gasteiger partial charge is 0.508 e. The molecule has 3 aromatic carbocycles. The predicted molar refractivity (Wildman–Crippen MR) is 251 cm³/mol. The lowest BCUT2D eigenvalue weighted by Crippen LogP contribution is -2.62. The molecule has 0 spiro atoms. The fourth-order valence-electron chi connectivity index (χ4n) is 9.97. The molecule has 2 saturated heterocycles. The van der Waals surface area contributed by atoms with E-state index in [1.807, 2.05) is 44.2 Å². The average Bonchev–Trinajstić information content (AvgIpc) is 3.91. The highest BCUT2D eigenvalue weighted by atomic mass is 16.5. The number of fused-ring (bicyclic) bond motifs is 6. The number of esters is 1. The number of hydrogen-bond donors (Lipinski definition) is 3. The van der Waals surface area contributed by atoms with Gasteiger partial charge in [0, 0.05) is 56.0 Å². The number of hydrazine groups is 1. The molecule has 0 aliphatic carbocycles. The third-order valence-electron chi connectivity index (χ3n) is 13.2. The number of aromatic nitrogens is 1. The second-order valence-electron chi connectivity index (χ2n) is 18.9. The van der Waals surface area contributed by atoms with Gasteiger partial charge in [0.2, 0.25) is 17.7 Å². The van der Waals surface area contributed by atoms with Crippen molar-refractivity contribution < 1.29 is 43.3 Å². The van der Waals surface area contributed by atoms with Crippen molar-refractivity contribution in [2.75, 3.05) is 47.5 Å². The summed E-state index contributed by atoms with van der Waals surface area (Å²) < 4.78 is 20.3. The number of ether oxygens (including phenoxy) is 3. The van der Waals surface area contributed by atoms with Gasteiger partial charge in [-0.1, -0.05) is 52.5 Å². The summed E-state index contributed by atoms with van der Waals surface area (Å²) in [6, 6.07) is 14.1. The highest BCUT2D eigenvalue weighted by Gasteiger charge is 2.40. The number of benzene rings is 3. The number of phenols is 1. The number of likely N-dealkylation sites (tertiary alicyclic amines) is 1. The Morgan fingerprint density at radius 1 is 1.03 bits per heavy atom. The molecule has 15 nitrogen and oxygen atoms in total. The lowest BCUT2D eigenvalue weighted by molar-refractivity contribution is -0.155. The van der Waals surface area contributed by atoms with Crippen LogP contribution in [0.25, 0.3) is 33.3 Å². The summed E-state index contributed by atoms with van der Waals surface area (Å²) in [6.45, 7) is 15.0. The Morgan fingerprint density at radius 3 is 2.42 bits per heavy atom. The fourth-order valence-corrected chi connectivity index (χ4v) is 9.97. The highest BCUT2D eigenvalue weighted by molar-refractivity contribution is 5.97. The molecule has 7 rings (SSSR count). The molecule has 1 aromatic heterocycles. The van der Waals surface area contributed by atoms with Gasteiger partial charge in [0.25, 0.3) is 5.91 Å². The van der Waals surface area contributed by atoms with Crippen LogP contribution in [-0.4, -0.2) is 120 Å². The van der Waals surface area contributed by atoms with E-state index in [4.69, 9.17) is 14.2 Å². The Hall–Kier alpha value is -6.35. The molecule has 66 heavy (non-hydrogen) atoms. The first-order valence-electron chi connectivity index (χ1n) is 22.9. The Balaban J connectivity index is 1.32. The van der Waals surface area contributed by atoms with Crippen LogP contribution in [-0.2, 0) is 48.1 Å². The van der Waals surface area contributed by atoms with E-state index in [9.17, 15) is 29.1 Å². The number of methoxy groups -OCH3 is 2. The first-order chi connectivity index (χ1) is 31.5. The van der Waals surface area contributed by atoms with Crippen molar-refractivity contribution in [1.29, 1.82) is 0 Å². The number of carbonyl (C=O) groups excluding carboxylic acids is 5. The molecular formula is C51H64N6O9. The number of carbonyl (C=O) groups is 5. The molecule has 4 amide bonds. The molecule has 3 aliphatic heterocycles. The molecule has 352 valence electrons. The summed E-state index contributed by atoms with van der Waals surface area (Å²) in [4.78, 5) is 72.4. The lowest BCUT2D eigenvalue weighted by atomic mass is 9.84. The maximum atomic E-state index is 14.7. The number of nitrogens with zero attached hydrogens (tertiary/aromatic N) is 4. The van der Waals surface area contributed by atoms with Crippen molar-refractivity contribution in [2.24, 2.45) is 17.3 Å². The number of likely N-dealkylation sites (N-methyl/N-ethyl adjacent to an activating group) is 1. The second-order valence-corrected chi connectivity index (χ2v) is 18.9. The summed E-state index contributed by atoms with van der Waals surface area (Å²) >= 11 is 0. The smallest absolute Gasteiger partial charge is 0.324 e. The Bertz CT molecular complexity index is 2510. The monoisotopic (exact) mass is 904 g/mol. The number of amides is 4. The molecule has 15 heteroatoms. The van der Waals surface area contributed by atoms with Crippen LogP contribution >= 0.6 is 0 Å². The van der Waals surface area contributed by atoms with Gasteiger partial charge in [0.15, 0.2) is 0 Å². The molecule has 2 fully saturated rings. The molecule has 0 unspecified atom stereocenters. The van der Waals surface area contributed by atoms with Gasteiger partial charge in [-0.2, -0.15) is 0 Å². The highest BCUT2D eigenvalue weighted by Crippen LogP contribution is 2.46. The van der Waals surface area contributed by atoms with Crippen LogP contribution in [0.1, 0.15) is 65.0 Å². The van der Waals surface area contributed by atoms with Crippen LogP contribution in [0.2, 0.25) is 0 Å². The van der Waals surface area contributed by atoms with E-state index in [2.05, 4.69) is 54.8 Å². The molecular weight excluding hydrogens is 841 g/mol. The molecule has 0 radical (unpaired) electrons. The van der Waals surface area contributed by atoms with Crippen molar-refractivity contribution in [1.82, 2.24) is 30.1 Å². The summed E-state index contributed by atoms with van der Waals surface area (Å²) in [5.41, 5.74) is 8.33. The van der Waals surface area contributed by atoms with Crippen molar-refractivity contribution in [3.05, 3.63) is 78.4 Å². The van der Waals surface area contributed by atoms with Crippen LogP contribution in [0.5, 0.6) is 17.2 Å². The number of phenolic OH excluding ortho intramolecular Hbond substituents is 1. The van der Waals surface area contributed by atoms with Gasteiger partial charge >= 0.3 is 5.97 Å². The number of cyclic esters (lactones) is 1. The normalized spacial score (nSPS) is 20.3. The molecule has 0 saturated carbocycles. The van der Waals surface area contributed by atoms with Gasteiger partial charge in [-0.3, -0.25) is 29.0 Å². The maximum absolute atomic E-state index is 14.7. The quantitative estimate of drug-likeness (QED) is 0.129. The number of aromatic hydroxyl groups is 1. The van der Waals surface area contributed by atoms with Crippen LogP contribution in [0.4, 0.5) is 0 Å². The van der Waals surface area contributed by atoms with E-state index in [-0.39, 0.29) is 49.6 Å². The van der Waals surface area contributed by atoms with E-state index in [1.54, 1.807) is 38.3 Å². The van der Waals surface area contributed by atoms with Gasteiger partial charge < -0.3 is 39.0 Å². The minimum atomic E-state index is -1.17. The topological polar surface area (TPSA) is 172 Å². The van der Waals surface area contributed by atoms with E-state index < -0.39 is 47.2 Å². The summed E-state index contributed by atoms with van der Waals surface area (Å²) in [5, 5.41) is 16.7. The first-order valence-corrected chi connectivity index (χ1v) is 22.9. The molecule has 6 bridgehead atoms. The molecule has 3 N–H and O–H groups in total. The van der Waals surface area contributed by atoms with E-state index in [1.165, 1.54) is 16.0 Å². The van der Waals surface area contributed by atoms with Gasteiger partial charge in [0.1, 0.15) is 35.4 Å². The Labute approximate surface area is 387 Å².